The monoisotopic (exact) mass is 284 g/mol. The van der Waals surface area contributed by atoms with Gasteiger partial charge >= 0.3 is 0 Å². The molecule has 1 aliphatic carbocycles. The molecule has 2 aromatic rings. The van der Waals surface area contributed by atoms with Crippen LogP contribution in [-0.2, 0) is 6.42 Å². The van der Waals surface area contributed by atoms with Crippen molar-refractivity contribution in [1.29, 1.82) is 0 Å². The van der Waals surface area contributed by atoms with Crippen LogP contribution in [0.5, 0.6) is 5.75 Å². The van der Waals surface area contributed by atoms with Gasteiger partial charge in [0.15, 0.2) is 5.78 Å². The van der Waals surface area contributed by atoms with Crippen molar-refractivity contribution in [3.63, 3.8) is 0 Å². The van der Waals surface area contributed by atoms with Crippen LogP contribution in [0.4, 0.5) is 0 Å². The lowest BCUT2D eigenvalue weighted by molar-refractivity contribution is 0.104. The maximum atomic E-state index is 12.3. The number of carbonyl (C=O) groups excluding carboxylic acids is 1. The fourth-order valence-electron chi connectivity index (χ4n) is 2.40. The molecule has 100 valence electrons. The fourth-order valence-corrected chi connectivity index (χ4v) is 2.53. The molecule has 0 saturated heterocycles. The van der Waals surface area contributed by atoms with Crippen molar-refractivity contribution in [1.82, 2.24) is 0 Å². The minimum Gasteiger partial charge on any atom is -0.497 e. The molecule has 0 radical (unpaired) electrons. The van der Waals surface area contributed by atoms with Gasteiger partial charge in [-0.2, -0.15) is 0 Å². The van der Waals surface area contributed by atoms with Gasteiger partial charge in [-0.1, -0.05) is 23.7 Å². The van der Waals surface area contributed by atoms with Gasteiger partial charge in [0.25, 0.3) is 0 Å². The lowest BCUT2D eigenvalue weighted by Gasteiger charge is -2.01. The third-order valence-electron chi connectivity index (χ3n) is 3.44. The average Bonchev–Trinajstić information content (AvgIpc) is 2.77. The molecule has 0 fully saturated rings. The summed E-state index contributed by atoms with van der Waals surface area (Å²) in [5, 5.41) is 0.693. The summed E-state index contributed by atoms with van der Waals surface area (Å²) in [6.07, 6.45) is 2.57. The summed E-state index contributed by atoms with van der Waals surface area (Å²) in [5.74, 6) is 0.877. The van der Waals surface area contributed by atoms with Crippen LogP contribution in [0, 0.1) is 0 Å². The Bertz CT molecular complexity index is 699. The first kappa shape index (κ1) is 12.9. The lowest BCUT2D eigenvalue weighted by Crippen LogP contribution is -1.95. The van der Waals surface area contributed by atoms with Crippen molar-refractivity contribution in [2.45, 2.75) is 6.42 Å². The second kappa shape index (κ2) is 5.14. The number of fused-ring (bicyclic) bond motifs is 1. The largest absolute Gasteiger partial charge is 0.497 e. The first-order chi connectivity index (χ1) is 9.67. The molecule has 1 aliphatic rings. The van der Waals surface area contributed by atoms with Crippen molar-refractivity contribution in [2.24, 2.45) is 0 Å². The van der Waals surface area contributed by atoms with E-state index in [4.69, 9.17) is 16.3 Å². The second-order valence-corrected chi connectivity index (χ2v) is 5.19. The second-order valence-electron chi connectivity index (χ2n) is 4.75. The maximum absolute atomic E-state index is 12.3. The Morgan fingerprint density at radius 1 is 1.15 bits per heavy atom. The lowest BCUT2D eigenvalue weighted by atomic mass is 10.1. The highest BCUT2D eigenvalue weighted by atomic mass is 35.5. The summed E-state index contributed by atoms with van der Waals surface area (Å²) in [6.45, 7) is 0. The Morgan fingerprint density at radius 3 is 2.60 bits per heavy atom. The van der Waals surface area contributed by atoms with E-state index in [-0.39, 0.29) is 5.78 Å². The van der Waals surface area contributed by atoms with E-state index in [1.807, 2.05) is 48.5 Å². The summed E-state index contributed by atoms with van der Waals surface area (Å²) < 4.78 is 5.20. The Kier molecular flexibility index (Phi) is 3.33. The molecule has 0 amide bonds. The number of ketones is 1. The molecule has 2 nitrogen and oxygen atoms in total. The van der Waals surface area contributed by atoms with E-state index >= 15 is 0 Å². The molecule has 0 spiro atoms. The number of halogens is 1. The van der Waals surface area contributed by atoms with E-state index in [9.17, 15) is 4.79 Å². The predicted octanol–water partition coefficient (Wildman–Crippen LogP) is 4.17. The first-order valence-electron chi connectivity index (χ1n) is 6.35. The number of hydrogen-bond acceptors (Lipinski definition) is 2. The van der Waals surface area contributed by atoms with Crippen molar-refractivity contribution in [2.75, 3.05) is 7.11 Å². The smallest absolute Gasteiger partial charge is 0.189 e. The number of Topliss-reactive ketones (excluding diaryl/α,β-unsaturated/α-hetero) is 1. The molecule has 0 N–H and O–H groups in total. The van der Waals surface area contributed by atoms with Crippen LogP contribution in [0.1, 0.15) is 21.5 Å². The number of rotatable bonds is 2. The van der Waals surface area contributed by atoms with Crippen molar-refractivity contribution >= 4 is 23.5 Å². The van der Waals surface area contributed by atoms with Gasteiger partial charge in [0, 0.05) is 22.6 Å². The number of methoxy groups -OCH3 is 1. The Labute approximate surface area is 122 Å². The number of ether oxygens (including phenoxy) is 1. The predicted molar refractivity (Wildman–Crippen MR) is 80.5 cm³/mol. The molecule has 3 heteroatoms. The standard InChI is InChI=1S/C17H13ClO2/c1-20-15-6-7-16-12(10-15)9-13(17(16)19)8-11-2-4-14(18)5-3-11/h2-8,10H,9H2,1H3/b13-8-. The minimum atomic E-state index is 0.0950. The topological polar surface area (TPSA) is 26.3 Å². The van der Waals surface area contributed by atoms with Crippen LogP contribution in [0.25, 0.3) is 6.08 Å². The highest BCUT2D eigenvalue weighted by molar-refractivity contribution is 6.30. The number of allylic oxidation sites excluding steroid dienone is 1. The first-order valence-corrected chi connectivity index (χ1v) is 6.73. The molecule has 0 aromatic heterocycles. The van der Waals surface area contributed by atoms with E-state index in [0.717, 1.165) is 28.0 Å². The zero-order chi connectivity index (χ0) is 14.1. The van der Waals surface area contributed by atoms with Crippen LogP contribution in [0.2, 0.25) is 5.02 Å². The van der Waals surface area contributed by atoms with Crippen LogP contribution >= 0.6 is 11.6 Å². The summed E-state index contributed by atoms with van der Waals surface area (Å²) >= 11 is 5.86. The van der Waals surface area contributed by atoms with Crippen molar-refractivity contribution in [3.05, 3.63) is 69.8 Å². The van der Waals surface area contributed by atoms with Crippen molar-refractivity contribution < 1.29 is 9.53 Å². The van der Waals surface area contributed by atoms with Crippen molar-refractivity contribution in [3.8, 4) is 5.75 Å². The molecular weight excluding hydrogens is 272 g/mol. The van der Waals surface area contributed by atoms with Crippen LogP contribution in [0.15, 0.2) is 48.0 Å². The molecule has 3 rings (SSSR count). The van der Waals surface area contributed by atoms with Crippen LogP contribution in [0.3, 0.4) is 0 Å². The molecule has 0 heterocycles. The number of hydrogen-bond donors (Lipinski definition) is 0. The highest BCUT2D eigenvalue weighted by Crippen LogP contribution is 2.30. The molecular formula is C17H13ClO2. The highest BCUT2D eigenvalue weighted by Gasteiger charge is 2.24. The van der Waals surface area contributed by atoms with Gasteiger partial charge in [-0.05, 0) is 47.5 Å². The molecule has 0 bridgehead atoms. The maximum Gasteiger partial charge on any atom is 0.189 e. The molecule has 0 saturated carbocycles. The van der Waals surface area contributed by atoms with Gasteiger partial charge in [0.05, 0.1) is 7.11 Å². The normalized spacial score (nSPS) is 15.5. The van der Waals surface area contributed by atoms with Crippen LogP contribution < -0.4 is 4.74 Å². The molecule has 2 aromatic carbocycles. The molecule has 0 aliphatic heterocycles. The molecule has 0 unspecified atom stereocenters. The van der Waals surface area contributed by atoms with Gasteiger partial charge in [0.1, 0.15) is 5.75 Å². The molecule has 20 heavy (non-hydrogen) atoms. The van der Waals surface area contributed by atoms with Gasteiger partial charge in [-0.15, -0.1) is 0 Å². The third kappa shape index (κ3) is 2.35. The summed E-state index contributed by atoms with van der Waals surface area (Å²) in [7, 11) is 1.63. The zero-order valence-electron chi connectivity index (χ0n) is 11.0. The van der Waals surface area contributed by atoms with Gasteiger partial charge in [0.2, 0.25) is 0 Å². The number of carbonyl (C=O) groups is 1. The third-order valence-corrected chi connectivity index (χ3v) is 3.69. The Morgan fingerprint density at radius 2 is 1.90 bits per heavy atom. The Hall–Kier alpha value is -2.06. The van der Waals surface area contributed by atoms with Gasteiger partial charge in [-0.3, -0.25) is 4.79 Å². The SMILES string of the molecule is COc1ccc2c(c1)C/C(=C/c1ccc(Cl)cc1)C2=O. The zero-order valence-corrected chi connectivity index (χ0v) is 11.8. The van der Waals surface area contributed by atoms with Gasteiger partial charge in [-0.25, -0.2) is 0 Å². The summed E-state index contributed by atoms with van der Waals surface area (Å²) in [5.41, 5.74) is 3.58. The summed E-state index contributed by atoms with van der Waals surface area (Å²) in [6, 6.07) is 13.0. The average molecular weight is 285 g/mol. The van der Waals surface area contributed by atoms with E-state index in [2.05, 4.69) is 0 Å². The summed E-state index contributed by atoms with van der Waals surface area (Å²) in [4.78, 5) is 12.3. The van der Waals surface area contributed by atoms with E-state index < -0.39 is 0 Å². The fraction of sp³-hybridized carbons (Fsp3) is 0.118. The number of benzene rings is 2. The quantitative estimate of drug-likeness (QED) is 0.774. The van der Waals surface area contributed by atoms with Gasteiger partial charge < -0.3 is 4.74 Å². The van der Waals surface area contributed by atoms with E-state index in [1.165, 1.54) is 0 Å². The van der Waals surface area contributed by atoms with E-state index in [0.29, 0.717) is 11.4 Å². The van der Waals surface area contributed by atoms with Crippen LogP contribution in [-0.4, -0.2) is 12.9 Å². The minimum absolute atomic E-state index is 0.0950. The van der Waals surface area contributed by atoms with E-state index in [1.54, 1.807) is 7.11 Å². The molecule has 0 atom stereocenters. The Balaban J connectivity index is 1.94.